The van der Waals surface area contributed by atoms with Crippen molar-refractivity contribution >= 4 is 70.9 Å². The van der Waals surface area contributed by atoms with Gasteiger partial charge in [0.25, 0.3) is 0 Å². The van der Waals surface area contributed by atoms with E-state index in [0.29, 0.717) is 0 Å². The maximum absolute atomic E-state index is 2.42. The van der Waals surface area contributed by atoms with Crippen molar-refractivity contribution in [1.29, 1.82) is 0 Å². The molecule has 0 bridgehead atoms. The van der Waals surface area contributed by atoms with Crippen molar-refractivity contribution in [2.24, 2.45) is 0 Å². The molecule has 0 aliphatic carbocycles. The zero-order valence-corrected chi connectivity index (χ0v) is 37.9. The molecule has 0 spiro atoms. The van der Waals surface area contributed by atoms with Gasteiger partial charge in [-0.05, 0) is 164 Å². The van der Waals surface area contributed by atoms with E-state index >= 15 is 0 Å². The second kappa shape index (κ2) is 17.0. The molecule has 0 unspecified atom stereocenters. The number of nitrogens with zero attached hydrogens (tertiary/aromatic N) is 1. The Morgan fingerprint density at radius 2 is 0.652 bits per heavy atom. The van der Waals surface area contributed by atoms with Gasteiger partial charge < -0.3 is 4.90 Å². The topological polar surface area (TPSA) is 3.24 Å². The first-order valence-corrected chi connectivity index (χ1v) is 23.8. The molecule has 1 heteroatoms. The van der Waals surface area contributed by atoms with E-state index in [1.165, 1.54) is 104 Å². The van der Waals surface area contributed by atoms with Gasteiger partial charge in [-0.25, -0.2) is 0 Å². The van der Waals surface area contributed by atoms with Gasteiger partial charge in [0.1, 0.15) is 0 Å². The van der Waals surface area contributed by atoms with E-state index in [9.17, 15) is 0 Å². The number of rotatable bonds is 8. The summed E-state index contributed by atoms with van der Waals surface area (Å²) < 4.78 is 0. The van der Waals surface area contributed by atoms with E-state index < -0.39 is 0 Å². The molecule has 13 aromatic rings. The minimum Gasteiger partial charge on any atom is -0.310 e. The van der Waals surface area contributed by atoms with Crippen molar-refractivity contribution in [3.63, 3.8) is 0 Å². The first-order valence-electron chi connectivity index (χ1n) is 23.8. The SMILES string of the molecule is c1ccc(-c2ccc3cc(N(c4ccc(-c5cc6ccccc6c6ccccc56)cc4)c4cccc(-c5ccc6c(c5)c(-c5ccccc5)c(-c5ccccc5)c5ccccc56)c4)ccc3c2)cc1. The molecule has 0 atom stereocenters. The standard InChI is InChI=1S/C68H45N/c1-4-17-46(18-5-1)51-31-32-53-43-58(39-35-52(53)41-51)69(56-37-33-47(34-38-56)65-45-55-23-10-11-26-59(55)60-27-12-13-29-62(60)65)57-25-16-24-50(42-57)54-36-40-63-61-28-14-15-30-64(61)67(48-19-6-2-7-20-48)68(66(63)44-54)49-21-8-3-9-22-49/h1-45H. The van der Waals surface area contributed by atoms with E-state index in [0.717, 1.165) is 22.6 Å². The summed E-state index contributed by atoms with van der Waals surface area (Å²) in [5, 5.41) is 12.4. The van der Waals surface area contributed by atoms with Gasteiger partial charge in [-0.3, -0.25) is 0 Å². The lowest BCUT2D eigenvalue weighted by molar-refractivity contribution is 1.29. The number of anilines is 3. The summed E-state index contributed by atoms with van der Waals surface area (Å²) in [6, 6.07) is 100. The zero-order valence-electron chi connectivity index (χ0n) is 37.9. The Hall–Kier alpha value is -9.04. The molecule has 0 aliphatic heterocycles. The highest BCUT2D eigenvalue weighted by Crippen LogP contribution is 2.47. The van der Waals surface area contributed by atoms with Crippen LogP contribution < -0.4 is 4.90 Å². The predicted molar refractivity (Wildman–Crippen MR) is 296 cm³/mol. The monoisotopic (exact) mass is 875 g/mol. The van der Waals surface area contributed by atoms with E-state index in [1.54, 1.807) is 0 Å². The number of hydrogen-bond acceptors (Lipinski definition) is 1. The smallest absolute Gasteiger partial charge is 0.0468 e. The van der Waals surface area contributed by atoms with Gasteiger partial charge in [0, 0.05) is 17.1 Å². The van der Waals surface area contributed by atoms with E-state index in [-0.39, 0.29) is 0 Å². The van der Waals surface area contributed by atoms with Crippen molar-refractivity contribution in [2.75, 3.05) is 4.90 Å². The van der Waals surface area contributed by atoms with Crippen molar-refractivity contribution in [1.82, 2.24) is 0 Å². The van der Waals surface area contributed by atoms with Gasteiger partial charge in [0.15, 0.2) is 0 Å². The van der Waals surface area contributed by atoms with Crippen LogP contribution in [-0.4, -0.2) is 0 Å². The van der Waals surface area contributed by atoms with Gasteiger partial charge in [0.05, 0.1) is 0 Å². The molecule has 0 heterocycles. The minimum atomic E-state index is 1.09. The predicted octanol–water partition coefficient (Wildman–Crippen LogP) is 19.3. The Balaban J connectivity index is 0.975. The highest BCUT2D eigenvalue weighted by molar-refractivity contribution is 6.22. The molecule has 0 N–H and O–H groups in total. The maximum atomic E-state index is 2.42. The maximum Gasteiger partial charge on any atom is 0.0468 e. The lowest BCUT2D eigenvalue weighted by Gasteiger charge is -2.27. The van der Waals surface area contributed by atoms with Gasteiger partial charge in [0.2, 0.25) is 0 Å². The van der Waals surface area contributed by atoms with Crippen LogP contribution in [0.4, 0.5) is 17.1 Å². The van der Waals surface area contributed by atoms with Crippen LogP contribution in [0.15, 0.2) is 273 Å². The normalized spacial score (nSPS) is 11.5. The van der Waals surface area contributed by atoms with Crippen LogP contribution >= 0.6 is 0 Å². The van der Waals surface area contributed by atoms with Crippen LogP contribution in [-0.2, 0) is 0 Å². The second-order valence-corrected chi connectivity index (χ2v) is 18.0. The molecule has 322 valence electrons. The molecule has 1 nitrogen and oxygen atoms in total. The third kappa shape index (κ3) is 7.20. The third-order valence-corrected chi connectivity index (χ3v) is 14.0. The zero-order chi connectivity index (χ0) is 45.7. The fraction of sp³-hybridized carbons (Fsp3) is 0. The summed E-state index contributed by atoms with van der Waals surface area (Å²) in [6.45, 7) is 0. The van der Waals surface area contributed by atoms with E-state index in [1.807, 2.05) is 0 Å². The number of fused-ring (bicyclic) bond motifs is 7. The van der Waals surface area contributed by atoms with Crippen LogP contribution in [0.1, 0.15) is 0 Å². The van der Waals surface area contributed by atoms with Crippen molar-refractivity contribution in [3.05, 3.63) is 273 Å². The molecule has 0 fully saturated rings. The highest BCUT2D eigenvalue weighted by atomic mass is 15.1. The Morgan fingerprint density at radius 1 is 0.188 bits per heavy atom. The van der Waals surface area contributed by atoms with Crippen molar-refractivity contribution < 1.29 is 0 Å². The molecular formula is C68H45N. The van der Waals surface area contributed by atoms with Crippen molar-refractivity contribution in [3.8, 4) is 55.6 Å². The molecule has 13 rings (SSSR count). The fourth-order valence-electron chi connectivity index (χ4n) is 10.7. The first-order chi connectivity index (χ1) is 34.2. The van der Waals surface area contributed by atoms with E-state index in [4.69, 9.17) is 0 Å². The molecule has 0 saturated carbocycles. The number of hydrogen-bond donors (Lipinski definition) is 0. The quantitative estimate of drug-likeness (QED) is 0.138. The third-order valence-electron chi connectivity index (χ3n) is 14.0. The van der Waals surface area contributed by atoms with Gasteiger partial charge in [-0.15, -0.1) is 0 Å². The Morgan fingerprint density at radius 3 is 1.38 bits per heavy atom. The molecule has 0 saturated heterocycles. The Labute approximate surface area is 402 Å². The lowest BCUT2D eigenvalue weighted by atomic mass is 9.84. The Kier molecular flexibility index (Phi) is 9.91. The van der Waals surface area contributed by atoms with Gasteiger partial charge in [-0.2, -0.15) is 0 Å². The van der Waals surface area contributed by atoms with Crippen LogP contribution in [0, 0.1) is 0 Å². The lowest BCUT2D eigenvalue weighted by Crippen LogP contribution is -2.10. The summed E-state index contributed by atoms with van der Waals surface area (Å²) in [4.78, 5) is 2.41. The second-order valence-electron chi connectivity index (χ2n) is 18.0. The summed E-state index contributed by atoms with van der Waals surface area (Å²) >= 11 is 0. The van der Waals surface area contributed by atoms with Crippen molar-refractivity contribution in [2.45, 2.75) is 0 Å². The molecule has 0 radical (unpaired) electrons. The Bertz CT molecular complexity index is 4040. The molecule has 0 aromatic heterocycles. The van der Waals surface area contributed by atoms with Crippen LogP contribution in [0.5, 0.6) is 0 Å². The highest BCUT2D eigenvalue weighted by Gasteiger charge is 2.20. The fourth-order valence-corrected chi connectivity index (χ4v) is 10.7. The molecule has 69 heavy (non-hydrogen) atoms. The van der Waals surface area contributed by atoms with E-state index in [2.05, 4.69) is 278 Å². The summed E-state index contributed by atoms with van der Waals surface area (Å²) in [5.74, 6) is 0. The van der Waals surface area contributed by atoms with Crippen LogP contribution in [0.3, 0.4) is 0 Å². The summed E-state index contributed by atoms with van der Waals surface area (Å²) in [5.41, 5.74) is 15.4. The van der Waals surface area contributed by atoms with Crippen LogP contribution in [0.2, 0.25) is 0 Å². The minimum absolute atomic E-state index is 1.09. The molecule has 0 aliphatic rings. The summed E-state index contributed by atoms with van der Waals surface area (Å²) in [6.07, 6.45) is 0. The largest absolute Gasteiger partial charge is 0.310 e. The van der Waals surface area contributed by atoms with Crippen LogP contribution in [0.25, 0.3) is 109 Å². The molecular weight excluding hydrogens is 831 g/mol. The molecule has 0 amide bonds. The summed E-state index contributed by atoms with van der Waals surface area (Å²) in [7, 11) is 0. The van der Waals surface area contributed by atoms with Gasteiger partial charge >= 0.3 is 0 Å². The molecule has 13 aromatic carbocycles. The average Bonchev–Trinajstić information content (AvgIpc) is 3.43. The number of benzene rings is 13. The van der Waals surface area contributed by atoms with Gasteiger partial charge in [-0.1, -0.05) is 218 Å². The first kappa shape index (κ1) is 40.3. The average molecular weight is 876 g/mol.